The van der Waals surface area contributed by atoms with Crippen LogP contribution in [0.25, 0.3) is 5.53 Å². The highest BCUT2D eigenvalue weighted by molar-refractivity contribution is 6.25. The molecule has 0 aliphatic carbocycles. The van der Waals surface area contributed by atoms with Gasteiger partial charge in [-0.25, -0.2) is 14.8 Å². The van der Waals surface area contributed by atoms with Crippen LogP contribution in [0.15, 0.2) is 18.6 Å². The third-order valence-electron chi connectivity index (χ3n) is 2.84. The number of ether oxygens (including phenoxy) is 1. The molecule has 10 heteroatoms. The van der Waals surface area contributed by atoms with Crippen LogP contribution in [0.2, 0.25) is 0 Å². The highest BCUT2D eigenvalue weighted by Crippen LogP contribution is 2.14. The van der Waals surface area contributed by atoms with Crippen molar-refractivity contribution in [1.29, 1.82) is 0 Å². The predicted molar refractivity (Wildman–Crippen MR) is 75.3 cm³/mol. The average Bonchev–Trinajstić information content (AvgIpc) is 2.53. The fourth-order valence-corrected chi connectivity index (χ4v) is 1.74. The van der Waals surface area contributed by atoms with Gasteiger partial charge >= 0.3 is 12.2 Å². The monoisotopic (exact) mass is 321 g/mol. The average molecular weight is 321 g/mol. The van der Waals surface area contributed by atoms with Crippen LogP contribution >= 0.6 is 0 Å². The van der Waals surface area contributed by atoms with E-state index in [2.05, 4.69) is 20.1 Å². The largest absolute Gasteiger partial charge is 0.480 e. The summed E-state index contributed by atoms with van der Waals surface area (Å²) in [6.45, 7) is 0. The van der Waals surface area contributed by atoms with Crippen molar-refractivity contribution in [2.24, 2.45) is 0 Å². The summed E-state index contributed by atoms with van der Waals surface area (Å²) in [7, 11) is 1.28. The maximum absolute atomic E-state index is 12.1. The Kier molecular flexibility index (Phi) is 7.18. The number of hydrogen-bond acceptors (Lipinski definition) is 6. The van der Waals surface area contributed by atoms with E-state index in [1.165, 1.54) is 25.7 Å². The molecule has 0 fully saturated rings. The van der Waals surface area contributed by atoms with Crippen molar-refractivity contribution in [3.05, 3.63) is 29.8 Å². The van der Waals surface area contributed by atoms with E-state index in [0.717, 1.165) is 0 Å². The topological polar surface area (TPSA) is 155 Å². The molecule has 0 saturated carbocycles. The Bertz CT molecular complexity index is 614. The molecule has 1 aromatic heterocycles. The molecular formula is C13H15N5O5. The molecule has 0 saturated heterocycles. The van der Waals surface area contributed by atoms with Crippen LogP contribution < -0.4 is 5.32 Å². The number of amides is 1. The normalized spacial score (nSPS) is 12.6. The summed E-state index contributed by atoms with van der Waals surface area (Å²) in [6, 6.07) is 0.170. The SMILES string of the molecule is COC(C(=O)NC(CCC(=O)C=[N+]=[N-])C(=O)O)c1ccncn1. The molecule has 1 amide bonds. The van der Waals surface area contributed by atoms with E-state index in [1.807, 2.05) is 0 Å². The molecule has 0 aliphatic heterocycles. The maximum atomic E-state index is 12.1. The number of nitrogens with zero attached hydrogens (tertiary/aromatic N) is 4. The van der Waals surface area contributed by atoms with E-state index in [0.29, 0.717) is 6.21 Å². The summed E-state index contributed by atoms with van der Waals surface area (Å²) in [4.78, 5) is 44.7. The summed E-state index contributed by atoms with van der Waals surface area (Å²) in [5.74, 6) is -2.57. The van der Waals surface area contributed by atoms with Gasteiger partial charge in [0, 0.05) is 19.7 Å². The van der Waals surface area contributed by atoms with Gasteiger partial charge in [-0.1, -0.05) is 0 Å². The smallest absolute Gasteiger partial charge is 0.326 e. The van der Waals surface area contributed by atoms with Gasteiger partial charge in [0.15, 0.2) is 6.10 Å². The van der Waals surface area contributed by atoms with Crippen molar-refractivity contribution in [3.63, 3.8) is 0 Å². The number of carbonyl (C=O) groups is 3. The van der Waals surface area contributed by atoms with E-state index < -0.39 is 29.8 Å². The van der Waals surface area contributed by atoms with Crippen LogP contribution in [-0.2, 0) is 19.1 Å². The van der Waals surface area contributed by atoms with Gasteiger partial charge in [-0.05, 0) is 12.5 Å². The third kappa shape index (κ3) is 5.73. The number of Topliss-reactive ketones (excluding diaryl/α,β-unsaturated/α-hetero) is 1. The predicted octanol–water partition coefficient (Wildman–Crippen LogP) is -0.617. The Morgan fingerprint density at radius 2 is 2.26 bits per heavy atom. The summed E-state index contributed by atoms with van der Waals surface area (Å²) in [6.07, 6.45) is 1.85. The van der Waals surface area contributed by atoms with Crippen molar-refractivity contribution in [1.82, 2.24) is 15.3 Å². The van der Waals surface area contributed by atoms with Crippen LogP contribution in [0.5, 0.6) is 0 Å². The van der Waals surface area contributed by atoms with Gasteiger partial charge in [0.2, 0.25) is 5.78 Å². The molecule has 2 unspecified atom stereocenters. The number of carboxylic acids is 1. The van der Waals surface area contributed by atoms with Gasteiger partial charge in [-0.2, -0.15) is 4.79 Å². The number of nitrogens with one attached hydrogen (secondary N) is 1. The summed E-state index contributed by atoms with van der Waals surface area (Å²) in [5.41, 5.74) is 8.49. The number of rotatable bonds is 9. The molecule has 10 nitrogen and oxygen atoms in total. The van der Waals surface area contributed by atoms with Gasteiger partial charge in [0.05, 0.1) is 5.69 Å². The van der Waals surface area contributed by atoms with Crippen LogP contribution in [0.1, 0.15) is 24.6 Å². The Balaban J connectivity index is 2.74. The minimum Gasteiger partial charge on any atom is -0.480 e. The first-order valence-electron chi connectivity index (χ1n) is 6.51. The van der Waals surface area contributed by atoms with E-state index >= 15 is 0 Å². The standard InChI is InChI=1S/C13H15N5O5/c1-23-11(9-4-5-15-7-16-9)12(20)18-10(13(21)22)3-2-8(19)6-17-14/h4-7,10-11H,2-3H2,1H3,(H,18,20)(H,21,22). The number of aromatic nitrogens is 2. The first-order chi connectivity index (χ1) is 11.0. The van der Waals surface area contributed by atoms with Crippen molar-refractivity contribution in [3.8, 4) is 0 Å². The van der Waals surface area contributed by atoms with Crippen molar-refractivity contribution < 1.29 is 29.0 Å². The van der Waals surface area contributed by atoms with Gasteiger partial charge in [-0.15, -0.1) is 0 Å². The number of carboxylic acid groups (broad SMARTS) is 1. The Morgan fingerprint density at radius 1 is 1.52 bits per heavy atom. The zero-order valence-electron chi connectivity index (χ0n) is 12.2. The lowest BCUT2D eigenvalue weighted by atomic mass is 10.1. The molecule has 1 heterocycles. The fourth-order valence-electron chi connectivity index (χ4n) is 1.74. The molecular weight excluding hydrogens is 306 g/mol. The molecule has 0 aromatic carbocycles. The van der Waals surface area contributed by atoms with E-state index in [1.54, 1.807) is 0 Å². The lowest BCUT2D eigenvalue weighted by molar-refractivity contribution is -0.144. The van der Waals surface area contributed by atoms with Crippen molar-refractivity contribution >= 4 is 23.9 Å². The molecule has 122 valence electrons. The third-order valence-corrected chi connectivity index (χ3v) is 2.84. The van der Waals surface area contributed by atoms with Crippen LogP contribution in [0.3, 0.4) is 0 Å². The molecule has 1 rings (SSSR count). The summed E-state index contributed by atoms with van der Waals surface area (Å²) >= 11 is 0. The zero-order chi connectivity index (χ0) is 17.2. The number of hydrogen-bond donors (Lipinski definition) is 2. The van der Waals surface area contributed by atoms with Crippen LogP contribution in [0.4, 0.5) is 0 Å². The van der Waals surface area contributed by atoms with Crippen molar-refractivity contribution in [2.45, 2.75) is 25.0 Å². The second kappa shape index (κ2) is 9.13. The number of carbonyl (C=O) groups excluding carboxylic acids is 2. The van der Waals surface area contributed by atoms with Gasteiger partial charge in [0.25, 0.3) is 5.91 Å². The molecule has 0 spiro atoms. The van der Waals surface area contributed by atoms with Gasteiger partial charge < -0.3 is 20.7 Å². The summed E-state index contributed by atoms with van der Waals surface area (Å²) < 4.78 is 5.03. The Labute approximate surface area is 131 Å². The zero-order valence-corrected chi connectivity index (χ0v) is 12.2. The molecule has 1 aromatic rings. The molecule has 0 aliphatic rings. The summed E-state index contributed by atoms with van der Waals surface area (Å²) in [5, 5.41) is 11.4. The van der Waals surface area contributed by atoms with Crippen LogP contribution in [0, 0.1) is 0 Å². The highest BCUT2D eigenvalue weighted by atomic mass is 16.5. The Morgan fingerprint density at radius 3 is 2.78 bits per heavy atom. The van der Waals surface area contributed by atoms with E-state index in [4.69, 9.17) is 15.4 Å². The maximum Gasteiger partial charge on any atom is 0.326 e. The fraction of sp³-hybridized carbons (Fsp3) is 0.385. The van der Waals surface area contributed by atoms with Gasteiger partial charge in [-0.3, -0.25) is 9.59 Å². The van der Waals surface area contributed by atoms with Crippen LogP contribution in [-0.4, -0.2) is 56.9 Å². The lowest BCUT2D eigenvalue weighted by Crippen LogP contribution is -2.43. The molecule has 0 bridgehead atoms. The van der Waals surface area contributed by atoms with Crippen molar-refractivity contribution in [2.75, 3.05) is 7.11 Å². The number of methoxy groups -OCH3 is 1. The lowest BCUT2D eigenvalue weighted by Gasteiger charge is -2.18. The number of ketones is 1. The molecule has 2 N–H and O–H groups in total. The molecule has 0 radical (unpaired) electrons. The number of aliphatic carboxylic acids is 1. The molecule has 2 atom stereocenters. The quantitative estimate of drug-likeness (QED) is 0.349. The first kappa shape index (κ1) is 18.1. The minimum atomic E-state index is -1.30. The van der Waals surface area contributed by atoms with E-state index in [-0.39, 0.29) is 18.5 Å². The molecule has 23 heavy (non-hydrogen) atoms. The highest BCUT2D eigenvalue weighted by Gasteiger charge is 2.27. The second-order valence-electron chi connectivity index (χ2n) is 4.40. The van der Waals surface area contributed by atoms with E-state index in [9.17, 15) is 14.4 Å². The minimum absolute atomic E-state index is 0.161. The van der Waals surface area contributed by atoms with Gasteiger partial charge in [0.1, 0.15) is 12.4 Å². The second-order valence-corrected chi connectivity index (χ2v) is 4.40. The first-order valence-corrected chi connectivity index (χ1v) is 6.51. The Hall–Kier alpha value is -2.97.